The van der Waals surface area contributed by atoms with Crippen LogP contribution in [0.25, 0.3) is 0 Å². The maximum Gasteiger partial charge on any atom is 0.243 e. The Morgan fingerprint density at radius 1 is 1.11 bits per heavy atom. The average Bonchev–Trinajstić information content (AvgIpc) is 2.70. The topological polar surface area (TPSA) is 69.7 Å². The Morgan fingerprint density at radius 3 is 2.43 bits per heavy atom. The lowest BCUT2D eigenvalue weighted by atomic mass is 9.97. The van der Waals surface area contributed by atoms with E-state index in [1.807, 2.05) is 0 Å². The molecule has 2 aliphatic heterocycles. The molecule has 0 spiro atoms. The normalized spacial score (nSPS) is 22.9. The van der Waals surface area contributed by atoms with E-state index < -0.39 is 15.8 Å². The van der Waals surface area contributed by atoms with E-state index >= 15 is 0 Å². The van der Waals surface area contributed by atoms with Gasteiger partial charge in [0.15, 0.2) is 0 Å². The van der Waals surface area contributed by atoms with Crippen LogP contribution in [0, 0.1) is 11.7 Å². The number of hydrogen-bond acceptors (Lipinski definition) is 4. The Balaban J connectivity index is 1.45. The molecule has 0 bridgehead atoms. The second-order valence-corrected chi connectivity index (χ2v) is 9.74. The summed E-state index contributed by atoms with van der Waals surface area (Å²) in [6.45, 7) is 5.44. The van der Waals surface area contributed by atoms with Crippen LogP contribution in [0.3, 0.4) is 0 Å². The first-order valence-corrected chi connectivity index (χ1v) is 11.6. The molecule has 156 valence electrons. The summed E-state index contributed by atoms with van der Waals surface area (Å²) in [6.07, 6.45) is 4.73. The summed E-state index contributed by atoms with van der Waals surface area (Å²) in [6, 6.07) is 5.44. The van der Waals surface area contributed by atoms with Gasteiger partial charge in [-0.1, -0.05) is 6.42 Å². The smallest absolute Gasteiger partial charge is 0.243 e. The van der Waals surface area contributed by atoms with Gasteiger partial charge in [0.2, 0.25) is 15.9 Å². The molecule has 2 heterocycles. The number of halogens is 1. The van der Waals surface area contributed by atoms with Crippen LogP contribution < -0.4 is 5.32 Å². The number of carbonyl (C=O) groups is 1. The molecule has 0 aliphatic carbocycles. The number of rotatable bonds is 6. The Morgan fingerprint density at radius 2 is 1.79 bits per heavy atom. The summed E-state index contributed by atoms with van der Waals surface area (Å²) in [7, 11) is -3.64. The molecule has 2 fully saturated rings. The molecular weight excluding hydrogens is 381 g/mol. The second kappa shape index (κ2) is 9.33. The summed E-state index contributed by atoms with van der Waals surface area (Å²) in [5.74, 6) is -0.602. The first-order chi connectivity index (χ1) is 13.4. The number of carbonyl (C=O) groups excluding carboxylic acids is 1. The van der Waals surface area contributed by atoms with Crippen molar-refractivity contribution in [2.75, 3.05) is 32.7 Å². The van der Waals surface area contributed by atoms with E-state index in [-0.39, 0.29) is 16.7 Å². The van der Waals surface area contributed by atoms with Crippen molar-refractivity contribution >= 4 is 15.9 Å². The maximum atomic E-state index is 13.0. The molecule has 1 aromatic rings. The van der Waals surface area contributed by atoms with Gasteiger partial charge in [-0.25, -0.2) is 12.8 Å². The molecule has 1 amide bonds. The van der Waals surface area contributed by atoms with Gasteiger partial charge in [-0.2, -0.15) is 4.31 Å². The molecule has 1 atom stereocenters. The quantitative estimate of drug-likeness (QED) is 0.779. The van der Waals surface area contributed by atoms with E-state index in [1.54, 1.807) is 0 Å². The van der Waals surface area contributed by atoms with Crippen LogP contribution >= 0.6 is 0 Å². The average molecular weight is 412 g/mol. The second-order valence-electron chi connectivity index (χ2n) is 7.80. The molecule has 0 aromatic heterocycles. The van der Waals surface area contributed by atoms with Crippen LogP contribution in [-0.2, 0) is 14.8 Å². The van der Waals surface area contributed by atoms with Crippen molar-refractivity contribution < 1.29 is 17.6 Å². The van der Waals surface area contributed by atoms with Gasteiger partial charge >= 0.3 is 0 Å². The van der Waals surface area contributed by atoms with Gasteiger partial charge in [0.1, 0.15) is 5.82 Å². The third-order valence-corrected chi connectivity index (χ3v) is 7.83. The van der Waals surface area contributed by atoms with Crippen LogP contribution in [0.5, 0.6) is 0 Å². The minimum atomic E-state index is -3.64. The van der Waals surface area contributed by atoms with E-state index in [4.69, 9.17) is 0 Å². The van der Waals surface area contributed by atoms with E-state index in [0.29, 0.717) is 38.5 Å². The monoisotopic (exact) mass is 411 g/mol. The summed E-state index contributed by atoms with van der Waals surface area (Å²) in [5, 5.41) is 3.02. The van der Waals surface area contributed by atoms with Crippen molar-refractivity contribution in [3.63, 3.8) is 0 Å². The minimum absolute atomic E-state index is 0.0171. The van der Waals surface area contributed by atoms with Gasteiger partial charge in [-0.3, -0.25) is 9.69 Å². The summed E-state index contributed by atoms with van der Waals surface area (Å²) in [5.41, 5.74) is 0. The number of piperidine rings is 2. The van der Waals surface area contributed by atoms with Gasteiger partial charge in [-0.05, 0) is 63.4 Å². The zero-order valence-electron chi connectivity index (χ0n) is 16.4. The lowest BCUT2D eigenvalue weighted by Crippen LogP contribution is -2.46. The summed E-state index contributed by atoms with van der Waals surface area (Å²) < 4.78 is 39.7. The Bertz CT molecular complexity index is 761. The largest absolute Gasteiger partial charge is 0.355 e. The fourth-order valence-corrected chi connectivity index (χ4v) is 5.54. The van der Waals surface area contributed by atoms with Crippen molar-refractivity contribution in [3.05, 3.63) is 30.1 Å². The fourth-order valence-electron chi connectivity index (χ4n) is 4.07. The predicted octanol–water partition coefficient (Wildman–Crippen LogP) is 2.22. The van der Waals surface area contributed by atoms with Gasteiger partial charge in [-0.15, -0.1) is 0 Å². The number of benzene rings is 1. The highest BCUT2D eigenvalue weighted by molar-refractivity contribution is 7.89. The number of nitrogens with one attached hydrogen (secondary N) is 1. The molecular formula is C20H30FN3O3S. The van der Waals surface area contributed by atoms with Gasteiger partial charge in [0, 0.05) is 38.1 Å². The molecule has 1 unspecified atom stereocenters. The Hall–Kier alpha value is -1.51. The first kappa shape index (κ1) is 21.2. The maximum absolute atomic E-state index is 13.0. The number of nitrogens with zero attached hydrogens (tertiary/aromatic N) is 2. The van der Waals surface area contributed by atoms with Gasteiger partial charge in [0.05, 0.1) is 4.90 Å². The number of amides is 1. The van der Waals surface area contributed by atoms with Crippen molar-refractivity contribution in [2.45, 2.75) is 50.0 Å². The third kappa shape index (κ3) is 5.10. The van der Waals surface area contributed by atoms with Crippen LogP contribution in [0.4, 0.5) is 4.39 Å². The predicted molar refractivity (Wildman–Crippen MR) is 106 cm³/mol. The highest BCUT2D eigenvalue weighted by Crippen LogP contribution is 2.24. The Labute approximate surface area is 167 Å². The highest BCUT2D eigenvalue weighted by Gasteiger charge is 2.32. The zero-order valence-corrected chi connectivity index (χ0v) is 17.3. The fraction of sp³-hybridized carbons (Fsp3) is 0.650. The van der Waals surface area contributed by atoms with Crippen molar-refractivity contribution in [1.82, 2.24) is 14.5 Å². The number of likely N-dealkylation sites (tertiary alicyclic amines) is 1. The van der Waals surface area contributed by atoms with E-state index in [1.165, 1.54) is 35.7 Å². The summed E-state index contributed by atoms with van der Waals surface area (Å²) >= 11 is 0. The Kier molecular flexibility index (Phi) is 7.06. The molecule has 8 heteroatoms. The zero-order chi connectivity index (χ0) is 20.1. The van der Waals surface area contributed by atoms with Crippen LogP contribution in [0.1, 0.15) is 39.0 Å². The number of sulfonamides is 1. The molecule has 0 saturated carbocycles. The van der Waals surface area contributed by atoms with Crippen LogP contribution in [-0.4, -0.2) is 62.3 Å². The SMILES string of the molecule is CC1CCCCN1CCNC(=O)C1CCN(S(=O)(=O)c2ccc(F)cc2)CC1. The minimum Gasteiger partial charge on any atom is -0.355 e. The van der Waals surface area contributed by atoms with E-state index in [0.717, 1.165) is 25.2 Å². The van der Waals surface area contributed by atoms with Gasteiger partial charge in [0.25, 0.3) is 0 Å². The molecule has 2 aliphatic rings. The molecule has 2 saturated heterocycles. The van der Waals surface area contributed by atoms with Crippen molar-refractivity contribution in [3.8, 4) is 0 Å². The van der Waals surface area contributed by atoms with Crippen LogP contribution in [0.15, 0.2) is 29.2 Å². The van der Waals surface area contributed by atoms with E-state index in [9.17, 15) is 17.6 Å². The van der Waals surface area contributed by atoms with Crippen LogP contribution in [0.2, 0.25) is 0 Å². The number of hydrogen-bond donors (Lipinski definition) is 1. The molecule has 0 radical (unpaired) electrons. The highest BCUT2D eigenvalue weighted by atomic mass is 32.2. The molecule has 3 rings (SSSR count). The lowest BCUT2D eigenvalue weighted by Gasteiger charge is -2.34. The van der Waals surface area contributed by atoms with Crippen molar-refractivity contribution in [1.29, 1.82) is 0 Å². The molecule has 1 N–H and O–H groups in total. The molecule has 6 nitrogen and oxygen atoms in total. The summed E-state index contributed by atoms with van der Waals surface area (Å²) in [4.78, 5) is 15.0. The third-order valence-electron chi connectivity index (χ3n) is 5.91. The molecule has 28 heavy (non-hydrogen) atoms. The standard InChI is InChI=1S/C20H30FN3O3S/c1-16-4-2-3-12-23(16)15-11-22-20(25)17-9-13-24(14-10-17)28(26,27)19-7-5-18(21)6-8-19/h5-8,16-17H,2-4,9-15H2,1H3,(H,22,25). The first-order valence-electron chi connectivity index (χ1n) is 10.2. The van der Waals surface area contributed by atoms with Crippen molar-refractivity contribution in [2.24, 2.45) is 5.92 Å². The van der Waals surface area contributed by atoms with E-state index in [2.05, 4.69) is 17.1 Å². The van der Waals surface area contributed by atoms with Gasteiger partial charge < -0.3 is 5.32 Å². The molecule has 1 aromatic carbocycles. The lowest BCUT2D eigenvalue weighted by molar-refractivity contribution is -0.126.